The van der Waals surface area contributed by atoms with Crippen LogP contribution in [0.3, 0.4) is 0 Å². The maximum Gasteiger partial charge on any atom is -0.0417 e. The Morgan fingerprint density at radius 2 is 0.615 bits per heavy atom. The maximum absolute atomic E-state index is 2.39. The standard InChI is InChI=1S/C26H54/c1-4-7-9-10-11-12-13-14-15-16-17-18-19-20-21-23-25-26(6-3)24-22-8-5-2/h26H,4-25H2,1-3H3. The van der Waals surface area contributed by atoms with Gasteiger partial charge < -0.3 is 0 Å². The molecule has 0 heterocycles. The molecule has 0 bridgehead atoms. The summed E-state index contributed by atoms with van der Waals surface area (Å²) >= 11 is 0. The molecule has 0 saturated heterocycles. The normalized spacial score (nSPS) is 12.6. The summed E-state index contributed by atoms with van der Waals surface area (Å²) < 4.78 is 0. The summed E-state index contributed by atoms with van der Waals surface area (Å²) in [4.78, 5) is 0. The Hall–Kier alpha value is 0. The molecule has 0 N–H and O–H groups in total. The van der Waals surface area contributed by atoms with Crippen molar-refractivity contribution in [3.63, 3.8) is 0 Å². The molecule has 0 aliphatic carbocycles. The minimum absolute atomic E-state index is 1.02. The fourth-order valence-corrected chi connectivity index (χ4v) is 4.22. The Kier molecular flexibility index (Phi) is 23.0. The molecule has 0 rings (SSSR count). The number of hydrogen-bond donors (Lipinski definition) is 0. The van der Waals surface area contributed by atoms with Crippen molar-refractivity contribution in [3.8, 4) is 0 Å². The van der Waals surface area contributed by atoms with Gasteiger partial charge >= 0.3 is 0 Å². The molecule has 1 unspecified atom stereocenters. The topological polar surface area (TPSA) is 0 Å². The van der Waals surface area contributed by atoms with Gasteiger partial charge in [0.05, 0.1) is 0 Å². The van der Waals surface area contributed by atoms with E-state index in [9.17, 15) is 0 Å². The lowest BCUT2D eigenvalue weighted by Gasteiger charge is -2.14. The summed E-state index contributed by atoms with van der Waals surface area (Å²) in [6, 6.07) is 0. The molecule has 0 saturated carbocycles. The first-order valence-electron chi connectivity index (χ1n) is 12.8. The maximum atomic E-state index is 2.39. The molecule has 0 amide bonds. The molecule has 0 aliphatic heterocycles. The molecule has 158 valence electrons. The molecule has 1 atom stereocenters. The summed E-state index contributed by atoms with van der Waals surface area (Å²) in [7, 11) is 0. The largest absolute Gasteiger partial charge is 0.0654 e. The van der Waals surface area contributed by atoms with E-state index in [4.69, 9.17) is 0 Å². The summed E-state index contributed by atoms with van der Waals surface area (Å²) in [6.07, 6.45) is 32.3. The van der Waals surface area contributed by atoms with Crippen LogP contribution in [-0.4, -0.2) is 0 Å². The van der Waals surface area contributed by atoms with Crippen molar-refractivity contribution in [1.82, 2.24) is 0 Å². The van der Waals surface area contributed by atoms with Gasteiger partial charge in [-0.25, -0.2) is 0 Å². The first-order valence-corrected chi connectivity index (χ1v) is 12.8. The predicted octanol–water partition coefficient (Wildman–Crippen LogP) is 10.2. The molecular formula is C26H54. The highest BCUT2D eigenvalue weighted by Crippen LogP contribution is 2.21. The van der Waals surface area contributed by atoms with E-state index in [0.29, 0.717) is 0 Å². The lowest BCUT2D eigenvalue weighted by molar-refractivity contribution is 0.395. The molecular weight excluding hydrogens is 312 g/mol. The van der Waals surface area contributed by atoms with E-state index in [1.165, 1.54) is 141 Å². The van der Waals surface area contributed by atoms with Gasteiger partial charge in [-0.05, 0) is 5.92 Å². The van der Waals surface area contributed by atoms with Crippen molar-refractivity contribution >= 4 is 0 Å². The van der Waals surface area contributed by atoms with E-state index in [1.807, 2.05) is 0 Å². The predicted molar refractivity (Wildman–Crippen MR) is 122 cm³/mol. The molecule has 0 spiro atoms. The fraction of sp³-hybridized carbons (Fsp3) is 1.00. The van der Waals surface area contributed by atoms with Crippen molar-refractivity contribution < 1.29 is 0 Å². The van der Waals surface area contributed by atoms with Crippen molar-refractivity contribution in [1.29, 1.82) is 0 Å². The van der Waals surface area contributed by atoms with E-state index < -0.39 is 0 Å². The molecule has 0 radical (unpaired) electrons. The number of hydrogen-bond acceptors (Lipinski definition) is 0. The van der Waals surface area contributed by atoms with Gasteiger partial charge in [-0.1, -0.05) is 162 Å². The van der Waals surface area contributed by atoms with Crippen LogP contribution in [0.15, 0.2) is 0 Å². The highest BCUT2D eigenvalue weighted by atomic mass is 14.1. The Balaban J connectivity index is 3.14. The molecule has 26 heavy (non-hydrogen) atoms. The molecule has 0 aromatic rings. The summed E-state index contributed by atoms with van der Waals surface area (Å²) in [6.45, 7) is 7.01. The monoisotopic (exact) mass is 366 g/mol. The highest BCUT2D eigenvalue weighted by Gasteiger charge is 2.05. The first kappa shape index (κ1) is 26.0. The minimum atomic E-state index is 1.02. The quantitative estimate of drug-likeness (QED) is 0.167. The van der Waals surface area contributed by atoms with Crippen molar-refractivity contribution in [2.24, 2.45) is 5.92 Å². The van der Waals surface area contributed by atoms with Crippen LogP contribution in [0.25, 0.3) is 0 Å². The number of unbranched alkanes of at least 4 members (excludes halogenated alkanes) is 17. The fourth-order valence-electron chi connectivity index (χ4n) is 4.22. The van der Waals surface area contributed by atoms with Crippen LogP contribution in [0.2, 0.25) is 0 Å². The van der Waals surface area contributed by atoms with Gasteiger partial charge in [-0.15, -0.1) is 0 Å². The Bertz CT molecular complexity index is 232. The van der Waals surface area contributed by atoms with Gasteiger partial charge in [0, 0.05) is 0 Å². The molecule has 0 aromatic heterocycles. The first-order chi connectivity index (χ1) is 12.8. The van der Waals surface area contributed by atoms with Gasteiger partial charge in [0.2, 0.25) is 0 Å². The van der Waals surface area contributed by atoms with E-state index in [2.05, 4.69) is 20.8 Å². The van der Waals surface area contributed by atoms with E-state index in [-0.39, 0.29) is 0 Å². The third-order valence-electron chi connectivity index (χ3n) is 6.26. The van der Waals surface area contributed by atoms with Crippen LogP contribution in [-0.2, 0) is 0 Å². The Morgan fingerprint density at radius 1 is 0.346 bits per heavy atom. The Labute approximate surface area is 168 Å². The zero-order chi connectivity index (χ0) is 19.1. The second-order valence-electron chi connectivity index (χ2n) is 8.86. The molecule has 0 aromatic carbocycles. The lowest BCUT2D eigenvalue weighted by Crippen LogP contribution is -1.99. The average Bonchev–Trinajstić information content (AvgIpc) is 2.66. The smallest absolute Gasteiger partial charge is 0.0417 e. The second kappa shape index (κ2) is 23.0. The van der Waals surface area contributed by atoms with Crippen LogP contribution in [0.4, 0.5) is 0 Å². The third kappa shape index (κ3) is 20.3. The molecule has 0 heteroatoms. The van der Waals surface area contributed by atoms with Gasteiger partial charge in [-0.2, -0.15) is 0 Å². The van der Waals surface area contributed by atoms with E-state index >= 15 is 0 Å². The SMILES string of the molecule is CCCCCCCCCCCCCCCCCCC(CC)CCCCC. The van der Waals surface area contributed by atoms with E-state index in [0.717, 1.165) is 5.92 Å². The summed E-state index contributed by atoms with van der Waals surface area (Å²) in [5.41, 5.74) is 0. The summed E-state index contributed by atoms with van der Waals surface area (Å²) in [5, 5.41) is 0. The van der Waals surface area contributed by atoms with Crippen LogP contribution in [0.5, 0.6) is 0 Å². The van der Waals surface area contributed by atoms with Crippen molar-refractivity contribution in [3.05, 3.63) is 0 Å². The minimum Gasteiger partial charge on any atom is -0.0654 e. The lowest BCUT2D eigenvalue weighted by atomic mass is 9.92. The highest BCUT2D eigenvalue weighted by molar-refractivity contribution is 4.58. The molecule has 0 fully saturated rings. The average molecular weight is 367 g/mol. The van der Waals surface area contributed by atoms with E-state index in [1.54, 1.807) is 0 Å². The molecule has 0 nitrogen and oxygen atoms in total. The third-order valence-corrected chi connectivity index (χ3v) is 6.26. The van der Waals surface area contributed by atoms with Crippen molar-refractivity contribution in [2.75, 3.05) is 0 Å². The second-order valence-corrected chi connectivity index (χ2v) is 8.86. The van der Waals surface area contributed by atoms with Gasteiger partial charge in [0.1, 0.15) is 0 Å². The summed E-state index contributed by atoms with van der Waals surface area (Å²) in [5.74, 6) is 1.02. The van der Waals surface area contributed by atoms with Gasteiger partial charge in [0.15, 0.2) is 0 Å². The van der Waals surface area contributed by atoms with Gasteiger partial charge in [0.25, 0.3) is 0 Å². The van der Waals surface area contributed by atoms with Crippen LogP contribution in [0, 0.1) is 5.92 Å². The van der Waals surface area contributed by atoms with Crippen LogP contribution < -0.4 is 0 Å². The zero-order valence-electron chi connectivity index (χ0n) is 19.1. The zero-order valence-corrected chi connectivity index (χ0v) is 19.1. The molecule has 0 aliphatic rings. The number of rotatable bonds is 22. The van der Waals surface area contributed by atoms with Crippen molar-refractivity contribution in [2.45, 2.75) is 162 Å². The van der Waals surface area contributed by atoms with Crippen LogP contribution >= 0.6 is 0 Å². The van der Waals surface area contributed by atoms with Gasteiger partial charge in [-0.3, -0.25) is 0 Å². The Morgan fingerprint density at radius 3 is 0.962 bits per heavy atom. The van der Waals surface area contributed by atoms with Crippen LogP contribution in [0.1, 0.15) is 162 Å².